The fourth-order valence-corrected chi connectivity index (χ4v) is 3.02. The molecule has 1 heterocycles. The summed E-state index contributed by atoms with van der Waals surface area (Å²) in [5.41, 5.74) is 0.952. The average molecular weight is 347 g/mol. The van der Waals surface area contributed by atoms with Crippen LogP contribution in [-0.2, 0) is 17.8 Å². The molecule has 0 aromatic carbocycles. The second kappa shape index (κ2) is 7.39. The Labute approximate surface area is 142 Å². The third-order valence-electron chi connectivity index (χ3n) is 3.37. The number of pyridine rings is 1. The first-order valence-corrected chi connectivity index (χ1v) is 8.84. The standard InChI is InChI=1S/C16H27ClN2O2S/c1-15(2,3)13(19-22(20)16(4,5)6)9-11-8-12(21-7)14(17)18-10-11/h8,10,13,19H,9H2,1-7H3/t13-,22+/m0/s1. The number of aromatic nitrogens is 1. The van der Waals surface area contributed by atoms with Gasteiger partial charge in [-0.1, -0.05) is 32.4 Å². The van der Waals surface area contributed by atoms with Crippen LogP contribution in [0.5, 0.6) is 5.75 Å². The summed E-state index contributed by atoms with van der Waals surface area (Å²) in [4.78, 5) is 4.15. The van der Waals surface area contributed by atoms with Gasteiger partial charge in [-0.3, -0.25) is 0 Å². The van der Waals surface area contributed by atoms with E-state index >= 15 is 0 Å². The molecule has 0 aliphatic rings. The Hall–Kier alpha value is -0.490. The molecule has 4 nitrogen and oxygen atoms in total. The maximum Gasteiger partial charge on any atom is 0.171 e. The molecule has 1 aromatic rings. The van der Waals surface area contributed by atoms with Crippen LogP contribution >= 0.6 is 11.6 Å². The topological polar surface area (TPSA) is 57.2 Å². The zero-order chi connectivity index (χ0) is 17.1. The zero-order valence-electron chi connectivity index (χ0n) is 14.5. The van der Waals surface area contributed by atoms with Crippen molar-refractivity contribution in [1.82, 2.24) is 9.71 Å². The Kier molecular flexibility index (Phi) is 6.57. The Balaban J connectivity index is 2.95. The van der Waals surface area contributed by atoms with Crippen molar-refractivity contribution in [3.63, 3.8) is 0 Å². The van der Waals surface area contributed by atoms with Crippen LogP contribution in [0.15, 0.2) is 12.3 Å². The molecule has 1 N–H and O–H groups in total. The van der Waals surface area contributed by atoms with Crippen molar-refractivity contribution in [2.75, 3.05) is 7.11 Å². The van der Waals surface area contributed by atoms with Crippen LogP contribution in [0.1, 0.15) is 47.1 Å². The summed E-state index contributed by atoms with van der Waals surface area (Å²) in [6.07, 6.45) is 2.44. The first-order valence-electron chi connectivity index (χ1n) is 7.31. The summed E-state index contributed by atoms with van der Waals surface area (Å²) in [5.74, 6) is 0.559. The number of rotatable bonds is 5. The van der Waals surface area contributed by atoms with E-state index in [4.69, 9.17) is 16.3 Å². The fraction of sp³-hybridized carbons (Fsp3) is 0.688. The van der Waals surface area contributed by atoms with Gasteiger partial charge in [-0.25, -0.2) is 4.98 Å². The molecule has 0 aliphatic carbocycles. The molecular formula is C16H27ClN2O2S. The maximum absolute atomic E-state index is 12.4. The largest absolute Gasteiger partial charge is 0.598 e. The molecule has 22 heavy (non-hydrogen) atoms. The molecule has 0 amide bonds. The lowest BCUT2D eigenvalue weighted by molar-refractivity contribution is 0.294. The Morgan fingerprint density at radius 1 is 1.32 bits per heavy atom. The first-order chi connectivity index (χ1) is 9.95. The van der Waals surface area contributed by atoms with E-state index in [0.717, 1.165) is 5.56 Å². The van der Waals surface area contributed by atoms with E-state index in [1.165, 1.54) is 0 Å². The molecule has 126 valence electrons. The smallest absolute Gasteiger partial charge is 0.171 e. The number of ether oxygens (including phenoxy) is 1. The molecule has 0 radical (unpaired) electrons. The lowest BCUT2D eigenvalue weighted by atomic mass is 9.84. The molecule has 6 heteroatoms. The molecular weight excluding hydrogens is 320 g/mol. The summed E-state index contributed by atoms with van der Waals surface area (Å²) in [5, 5.41) is 0.352. The van der Waals surface area contributed by atoms with Crippen molar-refractivity contribution >= 4 is 23.0 Å². The van der Waals surface area contributed by atoms with E-state index in [1.54, 1.807) is 13.3 Å². The summed E-state index contributed by atoms with van der Waals surface area (Å²) < 4.78 is 20.6. The minimum Gasteiger partial charge on any atom is -0.598 e. The summed E-state index contributed by atoms with van der Waals surface area (Å²) in [7, 11) is 1.57. The van der Waals surface area contributed by atoms with E-state index < -0.39 is 11.4 Å². The summed E-state index contributed by atoms with van der Waals surface area (Å²) in [6.45, 7) is 12.3. The first kappa shape index (κ1) is 19.6. The second-order valence-electron chi connectivity index (χ2n) is 7.46. The van der Waals surface area contributed by atoms with Crippen LogP contribution in [0.3, 0.4) is 0 Å². The van der Waals surface area contributed by atoms with Gasteiger partial charge in [0, 0.05) is 17.6 Å². The minimum atomic E-state index is -1.13. The van der Waals surface area contributed by atoms with Gasteiger partial charge < -0.3 is 9.29 Å². The van der Waals surface area contributed by atoms with Crippen LogP contribution in [0.25, 0.3) is 0 Å². The number of nitrogens with zero attached hydrogens (tertiary/aromatic N) is 1. The molecule has 0 bridgehead atoms. The number of hydrogen-bond donors (Lipinski definition) is 1. The molecule has 1 rings (SSSR count). The third-order valence-corrected chi connectivity index (χ3v) is 5.27. The van der Waals surface area contributed by atoms with E-state index in [1.807, 2.05) is 26.8 Å². The summed E-state index contributed by atoms with van der Waals surface area (Å²) in [6, 6.07) is 1.93. The van der Waals surface area contributed by atoms with Gasteiger partial charge in [0.2, 0.25) is 0 Å². The minimum absolute atomic E-state index is 0.0419. The van der Waals surface area contributed by atoms with E-state index in [2.05, 4.69) is 30.5 Å². The van der Waals surface area contributed by atoms with Crippen molar-refractivity contribution in [1.29, 1.82) is 0 Å². The molecule has 0 saturated carbocycles. The van der Waals surface area contributed by atoms with Crippen LogP contribution in [0, 0.1) is 5.41 Å². The Morgan fingerprint density at radius 3 is 2.36 bits per heavy atom. The highest BCUT2D eigenvalue weighted by Gasteiger charge is 2.34. The molecule has 0 spiro atoms. The van der Waals surface area contributed by atoms with Gasteiger partial charge >= 0.3 is 0 Å². The van der Waals surface area contributed by atoms with Crippen molar-refractivity contribution < 1.29 is 9.29 Å². The number of halogens is 1. The predicted octanol–water partition coefficient (Wildman–Crippen LogP) is 3.75. The molecule has 2 atom stereocenters. The van der Waals surface area contributed by atoms with E-state index in [-0.39, 0.29) is 16.2 Å². The monoisotopic (exact) mass is 346 g/mol. The fourth-order valence-electron chi connectivity index (χ4n) is 1.79. The van der Waals surface area contributed by atoms with Crippen LogP contribution in [0.4, 0.5) is 0 Å². The summed E-state index contributed by atoms with van der Waals surface area (Å²) >= 11 is 4.84. The van der Waals surface area contributed by atoms with Crippen LogP contribution in [-0.4, -0.2) is 27.4 Å². The third kappa shape index (κ3) is 5.61. The van der Waals surface area contributed by atoms with Gasteiger partial charge in [0.15, 0.2) is 10.9 Å². The van der Waals surface area contributed by atoms with Gasteiger partial charge in [0.1, 0.15) is 4.75 Å². The Bertz CT molecular complexity index is 498. The predicted molar refractivity (Wildman–Crippen MR) is 93.8 cm³/mol. The highest BCUT2D eigenvalue weighted by Crippen LogP contribution is 2.28. The quantitative estimate of drug-likeness (QED) is 0.651. The molecule has 0 unspecified atom stereocenters. The highest BCUT2D eigenvalue weighted by atomic mass is 35.5. The average Bonchev–Trinajstić information content (AvgIpc) is 2.37. The SMILES string of the molecule is COc1cc(C[C@H](N[S@+]([O-])C(C)(C)C)C(C)(C)C)cnc1Cl. The maximum atomic E-state index is 12.4. The second-order valence-corrected chi connectivity index (χ2v) is 9.81. The van der Waals surface area contributed by atoms with Crippen molar-refractivity contribution in [2.45, 2.75) is 58.8 Å². The van der Waals surface area contributed by atoms with Crippen molar-refractivity contribution in [3.8, 4) is 5.75 Å². The molecule has 1 aromatic heterocycles. The Morgan fingerprint density at radius 2 is 1.91 bits per heavy atom. The van der Waals surface area contributed by atoms with Crippen molar-refractivity contribution in [3.05, 3.63) is 23.0 Å². The lowest BCUT2D eigenvalue weighted by Crippen LogP contribution is -2.50. The van der Waals surface area contributed by atoms with E-state index in [0.29, 0.717) is 17.3 Å². The molecule has 0 saturated heterocycles. The number of methoxy groups -OCH3 is 1. The van der Waals surface area contributed by atoms with Gasteiger partial charge in [0.25, 0.3) is 0 Å². The molecule has 0 fully saturated rings. The van der Waals surface area contributed by atoms with Crippen LogP contribution in [0.2, 0.25) is 5.15 Å². The van der Waals surface area contributed by atoms with Gasteiger partial charge in [-0.2, -0.15) is 0 Å². The van der Waals surface area contributed by atoms with Gasteiger partial charge in [-0.05, 0) is 44.2 Å². The van der Waals surface area contributed by atoms with Gasteiger partial charge in [0.05, 0.1) is 13.2 Å². The highest BCUT2D eigenvalue weighted by molar-refractivity contribution is 7.90. The van der Waals surface area contributed by atoms with Gasteiger partial charge in [-0.15, -0.1) is 4.72 Å². The van der Waals surface area contributed by atoms with E-state index in [9.17, 15) is 4.55 Å². The normalized spacial score (nSPS) is 15.5. The number of hydrogen-bond acceptors (Lipinski definition) is 4. The molecule has 0 aliphatic heterocycles. The zero-order valence-corrected chi connectivity index (χ0v) is 16.1. The van der Waals surface area contributed by atoms with Crippen molar-refractivity contribution in [2.24, 2.45) is 5.41 Å². The number of nitrogens with one attached hydrogen (secondary N) is 1. The van der Waals surface area contributed by atoms with Crippen LogP contribution < -0.4 is 9.46 Å². The lowest BCUT2D eigenvalue weighted by Gasteiger charge is -2.34.